The van der Waals surface area contributed by atoms with Gasteiger partial charge in [-0.3, -0.25) is 0 Å². The van der Waals surface area contributed by atoms with Gasteiger partial charge in [0.15, 0.2) is 5.96 Å². The zero-order chi connectivity index (χ0) is 19.9. The number of benzene rings is 1. The van der Waals surface area contributed by atoms with E-state index >= 15 is 0 Å². The molecule has 0 radical (unpaired) electrons. The van der Waals surface area contributed by atoms with Crippen LogP contribution in [0.3, 0.4) is 0 Å². The summed E-state index contributed by atoms with van der Waals surface area (Å²) >= 11 is 0. The van der Waals surface area contributed by atoms with Gasteiger partial charge in [-0.25, -0.2) is 4.99 Å². The van der Waals surface area contributed by atoms with Gasteiger partial charge in [-0.15, -0.1) is 0 Å². The van der Waals surface area contributed by atoms with Gasteiger partial charge in [0.25, 0.3) is 0 Å². The zero-order valence-corrected chi connectivity index (χ0v) is 18.0. The first-order valence-corrected chi connectivity index (χ1v) is 11.9. The smallest absolute Gasteiger partial charge is 0.191 e. The third-order valence-corrected chi connectivity index (χ3v) is 6.78. The Labute approximate surface area is 176 Å². The molecule has 4 rings (SSSR count). The van der Waals surface area contributed by atoms with Crippen molar-refractivity contribution in [2.75, 3.05) is 19.6 Å². The van der Waals surface area contributed by atoms with Crippen LogP contribution in [0.1, 0.15) is 70.3 Å². The van der Waals surface area contributed by atoms with Crippen LogP contribution < -0.4 is 15.4 Å². The van der Waals surface area contributed by atoms with Crippen LogP contribution in [0.2, 0.25) is 0 Å². The number of nitrogens with one attached hydrogen (secondary N) is 2. The SMILES string of the molecule is CCNC(=NCc1ccccc1OC1CCC1)NC1CCN(C2CCCC2)CC1. The van der Waals surface area contributed by atoms with E-state index < -0.39 is 0 Å². The molecule has 1 heterocycles. The summed E-state index contributed by atoms with van der Waals surface area (Å²) in [4.78, 5) is 7.61. The van der Waals surface area contributed by atoms with Crippen LogP contribution in [-0.2, 0) is 6.54 Å². The number of ether oxygens (including phenoxy) is 1. The van der Waals surface area contributed by atoms with Crippen molar-refractivity contribution in [1.29, 1.82) is 0 Å². The van der Waals surface area contributed by atoms with Crippen LogP contribution in [-0.4, -0.2) is 48.7 Å². The fourth-order valence-electron chi connectivity index (χ4n) is 4.77. The van der Waals surface area contributed by atoms with E-state index in [-0.39, 0.29) is 0 Å². The molecule has 5 nitrogen and oxygen atoms in total. The summed E-state index contributed by atoms with van der Waals surface area (Å²) in [6, 6.07) is 9.74. The Bertz CT molecular complexity index is 659. The summed E-state index contributed by atoms with van der Waals surface area (Å²) in [7, 11) is 0. The molecule has 0 spiro atoms. The molecule has 3 fully saturated rings. The Morgan fingerprint density at radius 3 is 2.48 bits per heavy atom. The van der Waals surface area contributed by atoms with Crippen LogP contribution in [0, 0.1) is 0 Å². The number of para-hydroxylation sites is 1. The van der Waals surface area contributed by atoms with Gasteiger partial charge < -0.3 is 20.3 Å². The highest BCUT2D eigenvalue weighted by molar-refractivity contribution is 5.80. The molecule has 29 heavy (non-hydrogen) atoms. The van der Waals surface area contributed by atoms with E-state index in [1.165, 1.54) is 76.4 Å². The summed E-state index contributed by atoms with van der Waals surface area (Å²) in [6.07, 6.45) is 12.1. The second-order valence-electron chi connectivity index (χ2n) is 8.87. The topological polar surface area (TPSA) is 48.9 Å². The third kappa shape index (κ3) is 5.65. The molecule has 0 aromatic heterocycles. The number of hydrogen-bond donors (Lipinski definition) is 2. The Morgan fingerprint density at radius 2 is 1.79 bits per heavy atom. The molecular weight excluding hydrogens is 360 g/mol. The predicted octanol–water partition coefficient (Wildman–Crippen LogP) is 4.08. The molecule has 2 aliphatic carbocycles. The highest BCUT2D eigenvalue weighted by atomic mass is 16.5. The van der Waals surface area contributed by atoms with E-state index in [1.807, 2.05) is 0 Å². The summed E-state index contributed by atoms with van der Waals surface area (Å²) in [5, 5.41) is 7.13. The first-order chi connectivity index (χ1) is 14.3. The van der Waals surface area contributed by atoms with Gasteiger partial charge in [-0.1, -0.05) is 31.0 Å². The van der Waals surface area contributed by atoms with E-state index in [9.17, 15) is 0 Å². The predicted molar refractivity (Wildman–Crippen MR) is 120 cm³/mol. The van der Waals surface area contributed by atoms with Gasteiger partial charge >= 0.3 is 0 Å². The second-order valence-corrected chi connectivity index (χ2v) is 8.87. The maximum Gasteiger partial charge on any atom is 0.191 e. The van der Waals surface area contributed by atoms with Crippen molar-refractivity contribution < 1.29 is 4.74 Å². The van der Waals surface area contributed by atoms with E-state index in [4.69, 9.17) is 9.73 Å². The van der Waals surface area contributed by atoms with Crippen molar-refractivity contribution in [3.63, 3.8) is 0 Å². The average Bonchev–Trinajstić information content (AvgIpc) is 3.25. The molecule has 2 N–H and O–H groups in total. The fourth-order valence-corrected chi connectivity index (χ4v) is 4.77. The number of guanidine groups is 1. The molecule has 5 heteroatoms. The molecule has 1 aromatic carbocycles. The Hall–Kier alpha value is -1.75. The third-order valence-electron chi connectivity index (χ3n) is 6.78. The molecule has 2 saturated carbocycles. The normalized spacial score (nSPS) is 22.4. The molecule has 1 aromatic rings. The summed E-state index contributed by atoms with van der Waals surface area (Å²) in [5.74, 6) is 1.94. The highest BCUT2D eigenvalue weighted by Crippen LogP contribution is 2.28. The molecule has 0 amide bonds. The molecule has 1 aliphatic heterocycles. The quantitative estimate of drug-likeness (QED) is 0.537. The highest BCUT2D eigenvalue weighted by Gasteiger charge is 2.27. The Kier molecular flexibility index (Phi) is 7.31. The van der Waals surface area contributed by atoms with Crippen LogP contribution in [0.4, 0.5) is 0 Å². The van der Waals surface area contributed by atoms with E-state index in [0.717, 1.165) is 24.3 Å². The first kappa shape index (κ1) is 20.5. The largest absolute Gasteiger partial charge is 0.490 e. The van der Waals surface area contributed by atoms with Crippen LogP contribution in [0.15, 0.2) is 29.3 Å². The number of likely N-dealkylation sites (tertiary alicyclic amines) is 1. The van der Waals surface area contributed by atoms with Gasteiger partial charge in [0.1, 0.15) is 5.75 Å². The van der Waals surface area contributed by atoms with Crippen LogP contribution in [0.5, 0.6) is 5.75 Å². The minimum atomic E-state index is 0.400. The van der Waals surface area contributed by atoms with Crippen molar-refractivity contribution >= 4 is 5.96 Å². The van der Waals surface area contributed by atoms with Gasteiger partial charge in [-0.2, -0.15) is 0 Å². The Balaban J connectivity index is 1.31. The first-order valence-electron chi connectivity index (χ1n) is 11.9. The number of nitrogens with zero attached hydrogens (tertiary/aromatic N) is 2. The lowest BCUT2D eigenvalue weighted by Crippen LogP contribution is -2.50. The molecule has 0 bridgehead atoms. The van der Waals surface area contributed by atoms with E-state index in [1.54, 1.807) is 0 Å². The number of rotatable bonds is 7. The lowest BCUT2D eigenvalue weighted by Gasteiger charge is -2.36. The minimum Gasteiger partial charge on any atom is -0.490 e. The van der Waals surface area contributed by atoms with Crippen molar-refractivity contribution in [2.45, 2.75) is 89.4 Å². The van der Waals surface area contributed by atoms with Gasteiger partial charge in [-0.05, 0) is 57.9 Å². The fraction of sp³-hybridized carbons (Fsp3) is 0.708. The van der Waals surface area contributed by atoms with Crippen molar-refractivity contribution in [2.24, 2.45) is 4.99 Å². The van der Waals surface area contributed by atoms with Gasteiger partial charge in [0.05, 0.1) is 12.6 Å². The van der Waals surface area contributed by atoms with Gasteiger partial charge in [0, 0.05) is 37.3 Å². The summed E-state index contributed by atoms with van der Waals surface area (Å²) in [6.45, 7) is 6.11. The Morgan fingerprint density at radius 1 is 1.03 bits per heavy atom. The van der Waals surface area contributed by atoms with Crippen LogP contribution in [0.25, 0.3) is 0 Å². The molecule has 160 valence electrons. The number of piperidine rings is 1. The standard InChI is InChI=1S/C24H38N4O/c1-2-25-24(27-20-14-16-28(17-15-20)21-9-4-5-10-21)26-18-19-8-3-6-13-23(19)29-22-11-7-12-22/h3,6,8,13,20-22H,2,4-5,7,9-12,14-18H2,1H3,(H2,25,26,27). The van der Waals surface area contributed by atoms with Crippen molar-refractivity contribution in [1.82, 2.24) is 15.5 Å². The molecule has 0 unspecified atom stereocenters. The summed E-state index contributed by atoms with van der Waals surface area (Å²) in [5.41, 5.74) is 1.17. The average molecular weight is 399 g/mol. The molecule has 1 saturated heterocycles. The molecular formula is C24H38N4O. The number of aliphatic imine (C=N–C) groups is 1. The molecule has 3 aliphatic rings. The maximum absolute atomic E-state index is 6.17. The maximum atomic E-state index is 6.17. The van der Waals surface area contributed by atoms with E-state index in [0.29, 0.717) is 18.7 Å². The summed E-state index contributed by atoms with van der Waals surface area (Å²) < 4.78 is 6.17. The minimum absolute atomic E-state index is 0.400. The van der Waals surface area contributed by atoms with Crippen LogP contribution >= 0.6 is 0 Å². The van der Waals surface area contributed by atoms with Crippen molar-refractivity contribution in [3.05, 3.63) is 29.8 Å². The lowest BCUT2D eigenvalue weighted by molar-refractivity contribution is 0.119. The second kappa shape index (κ2) is 10.3. The number of hydrogen-bond acceptors (Lipinski definition) is 3. The van der Waals surface area contributed by atoms with Crippen molar-refractivity contribution in [3.8, 4) is 5.75 Å². The van der Waals surface area contributed by atoms with E-state index in [2.05, 4.69) is 46.7 Å². The van der Waals surface area contributed by atoms with Gasteiger partial charge in [0.2, 0.25) is 0 Å². The molecule has 0 atom stereocenters. The monoisotopic (exact) mass is 398 g/mol. The lowest BCUT2D eigenvalue weighted by atomic mass is 9.96. The zero-order valence-electron chi connectivity index (χ0n) is 18.0.